The van der Waals surface area contributed by atoms with E-state index in [-0.39, 0.29) is 17.4 Å². The molecular weight excluding hydrogens is 352 g/mol. The summed E-state index contributed by atoms with van der Waals surface area (Å²) in [7, 11) is -0.843. The zero-order valence-electron chi connectivity index (χ0n) is 16.7. The zero-order valence-corrected chi connectivity index (χ0v) is 17.7. The van der Waals surface area contributed by atoms with Gasteiger partial charge in [-0.3, -0.25) is 0 Å². The van der Waals surface area contributed by atoms with Crippen LogP contribution in [0.3, 0.4) is 0 Å². The summed E-state index contributed by atoms with van der Waals surface area (Å²) in [5, 5.41) is 2.55. The van der Waals surface area contributed by atoms with Gasteiger partial charge in [-0.15, -0.1) is 0 Å². The van der Waals surface area contributed by atoms with Crippen LogP contribution in [0, 0.1) is 0 Å². The zero-order chi connectivity index (χ0) is 19.3. The Bertz CT molecular complexity index is 698. The Balaban J connectivity index is 1.98. The third-order valence-electron chi connectivity index (χ3n) is 5.15. The molecule has 0 saturated heterocycles. The van der Waals surface area contributed by atoms with Crippen LogP contribution in [0.25, 0.3) is 0 Å². The van der Waals surface area contributed by atoms with E-state index in [9.17, 15) is 0 Å². The van der Waals surface area contributed by atoms with Crippen molar-refractivity contribution in [2.75, 3.05) is 13.7 Å². The third kappa shape index (κ3) is 4.24. The Hall–Kier alpha value is -1.72. The van der Waals surface area contributed by atoms with E-state index in [0.29, 0.717) is 6.61 Å². The predicted octanol–water partition coefficient (Wildman–Crippen LogP) is 3.88. The Morgan fingerprint density at radius 2 is 1.52 bits per heavy atom. The van der Waals surface area contributed by atoms with E-state index in [2.05, 4.69) is 87.5 Å². The summed E-state index contributed by atoms with van der Waals surface area (Å²) in [6.45, 7) is 7.42. The second-order valence-electron chi connectivity index (χ2n) is 8.00. The SMILES string of the molecule is CO[C@@H]1C=CC[C@H](CO[Si](c2ccccc2)(c2ccccc2)C(C)(C)C)O1. The van der Waals surface area contributed by atoms with Crippen LogP contribution in [0.15, 0.2) is 72.8 Å². The normalized spacial score (nSPS) is 20.6. The van der Waals surface area contributed by atoms with Crippen LogP contribution in [0.2, 0.25) is 5.04 Å². The van der Waals surface area contributed by atoms with Gasteiger partial charge >= 0.3 is 0 Å². The lowest BCUT2D eigenvalue weighted by Gasteiger charge is -2.44. The van der Waals surface area contributed by atoms with Crippen molar-refractivity contribution < 1.29 is 13.9 Å². The van der Waals surface area contributed by atoms with Gasteiger partial charge in [-0.25, -0.2) is 0 Å². The molecule has 0 bridgehead atoms. The minimum absolute atomic E-state index is 0.00148. The molecule has 2 aromatic carbocycles. The monoisotopic (exact) mass is 382 g/mol. The molecule has 1 aliphatic rings. The van der Waals surface area contributed by atoms with Gasteiger partial charge in [0.15, 0.2) is 6.29 Å². The van der Waals surface area contributed by atoms with Crippen LogP contribution in [-0.2, 0) is 13.9 Å². The second-order valence-corrected chi connectivity index (χ2v) is 12.3. The maximum Gasteiger partial charge on any atom is 0.261 e. The molecule has 4 heteroatoms. The first kappa shape index (κ1) is 20.0. The maximum atomic E-state index is 6.92. The average Bonchev–Trinajstić information content (AvgIpc) is 2.69. The summed E-state index contributed by atoms with van der Waals surface area (Å²) < 4.78 is 18.3. The highest BCUT2D eigenvalue weighted by Gasteiger charge is 2.50. The van der Waals surface area contributed by atoms with Gasteiger partial charge in [0.2, 0.25) is 0 Å². The molecule has 0 spiro atoms. The topological polar surface area (TPSA) is 27.7 Å². The summed E-state index contributed by atoms with van der Waals surface area (Å²) in [4.78, 5) is 0. The van der Waals surface area contributed by atoms with Crippen LogP contribution in [-0.4, -0.2) is 34.4 Å². The van der Waals surface area contributed by atoms with Crippen molar-refractivity contribution in [3.05, 3.63) is 72.8 Å². The quantitative estimate of drug-likeness (QED) is 0.560. The van der Waals surface area contributed by atoms with E-state index < -0.39 is 8.32 Å². The Kier molecular flexibility index (Phi) is 6.32. The first-order valence-electron chi connectivity index (χ1n) is 9.57. The number of methoxy groups -OCH3 is 1. The molecule has 1 heterocycles. The van der Waals surface area contributed by atoms with E-state index in [0.717, 1.165) is 6.42 Å². The number of rotatable bonds is 6. The summed E-state index contributed by atoms with van der Waals surface area (Å²) >= 11 is 0. The van der Waals surface area contributed by atoms with Crippen molar-refractivity contribution in [1.82, 2.24) is 0 Å². The number of benzene rings is 2. The van der Waals surface area contributed by atoms with E-state index in [4.69, 9.17) is 13.9 Å². The minimum atomic E-state index is -2.51. The van der Waals surface area contributed by atoms with Gasteiger partial charge in [0.1, 0.15) is 0 Å². The molecule has 3 rings (SSSR count). The molecule has 144 valence electrons. The summed E-state index contributed by atoms with van der Waals surface area (Å²) in [5.74, 6) is 0. The van der Waals surface area contributed by atoms with Gasteiger partial charge in [-0.2, -0.15) is 0 Å². The van der Waals surface area contributed by atoms with Crippen molar-refractivity contribution in [1.29, 1.82) is 0 Å². The fourth-order valence-corrected chi connectivity index (χ4v) is 8.44. The predicted molar refractivity (Wildman–Crippen MR) is 113 cm³/mol. The molecule has 2 atom stereocenters. The molecule has 2 aromatic rings. The molecule has 1 aliphatic heterocycles. The molecule has 0 aliphatic carbocycles. The lowest BCUT2D eigenvalue weighted by Crippen LogP contribution is -2.67. The molecular formula is C23H30O3Si. The Morgan fingerprint density at radius 1 is 0.963 bits per heavy atom. The highest BCUT2D eigenvalue weighted by molar-refractivity contribution is 6.99. The van der Waals surface area contributed by atoms with E-state index >= 15 is 0 Å². The maximum absolute atomic E-state index is 6.92. The van der Waals surface area contributed by atoms with Crippen LogP contribution >= 0.6 is 0 Å². The largest absolute Gasteiger partial charge is 0.405 e. The van der Waals surface area contributed by atoms with E-state index in [1.165, 1.54) is 10.4 Å². The molecule has 0 N–H and O–H groups in total. The molecule has 0 saturated carbocycles. The Morgan fingerprint density at radius 3 is 2.00 bits per heavy atom. The van der Waals surface area contributed by atoms with Gasteiger partial charge in [0.25, 0.3) is 8.32 Å². The van der Waals surface area contributed by atoms with Gasteiger partial charge in [0, 0.05) is 7.11 Å². The molecule has 3 nitrogen and oxygen atoms in total. The second kappa shape index (κ2) is 8.53. The van der Waals surface area contributed by atoms with Crippen molar-refractivity contribution in [3.63, 3.8) is 0 Å². The van der Waals surface area contributed by atoms with Crippen molar-refractivity contribution in [2.24, 2.45) is 0 Å². The fourth-order valence-electron chi connectivity index (χ4n) is 3.85. The molecule has 0 aromatic heterocycles. The molecule has 0 amide bonds. The van der Waals surface area contributed by atoms with Gasteiger partial charge in [-0.05, 0) is 27.9 Å². The number of ether oxygens (including phenoxy) is 2. The minimum Gasteiger partial charge on any atom is -0.405 e. The smallest absolute Gasteiger partial charge is 0.261 e. The first-order chi connectivity index (χ1) is 13.0. The molecule has 27 heavy (non-hydrogen) atoms. The van der Waals surface area contributed by atoms with Gasteiger partial charge in [0.05, 0.1) is 12.7 Å². The number of hydrogen-bond acceptors (Lipinski definition) is 3. The van der Waals surface area contributed by atoms with E-state index in [1.807, 2.05) is 6.08 Å². The third-order valence-corrected chi connectivity index (χ3v) is 10.2. The Labute approximate surface area is 164 Å². The number of hydrogen-bond donors (Lipinski definition) is 0. The van der Waals surface area contributed by atoms with Crippen molar-refractivity contribution in [3.8, 4) is 0 Å². The van der Waals surface area contributed by atoms with Gasteiger partial charge < -0.3 is 13.9 Å². The highest BCUT2D eigenvalue weighted by atomic mass is 28.4. The van der Waals surface area contributed by atoms with Crippen LogP contribution in [0.1, 0.15) is 27.2 Å². The standard InChI is InChI=1S/C23H30O3Si/c1-23(2,3)27(20-13-7-5-8-14-20,21-15-9-6-10-16-21)25-18-19-12-11-17-22(24-4)26-19/h5-11,13-17,19,22H,12,18H2,1-4H3/t19-,22+/m1/s1. The van der Waals surface area contributed by atoms with Gasteiger partial charge in [-0.1, -0.05) is 87.5 Å². The van der Waals surface area contributed by atoms with Crippen molar-refractivity contribution >= 4 is 18.7 Å². The summed E-state index contributed by atoms with van der Waals surface area (Å²) in [6.07, 6.45) is 4.64. The highest BCUT2D eigenvalue weighted by Crippen LogP contribution is 2.37. The van der Waals surface area contributed by atoms with Crippen LogP contribution in [0.4, 0.5) is 0 Å². The van der Waals surface area contributed by atoms with Crippen LogP contribution in [0.5, 0.6) is 0 Å². The molecule has 0 radical (unpaired) electrons. The van der Waals surface area contributed by atoms with Crippen LogP contribution < -0.4 is 10.4 Å². The fraction of sp³-hybridized carbons (Fsp3) is 0.391. The average molecular weight is 383 g/mol. The lowest BCUT2D eigenvalue weighted by atomic mass is 10.2. The molecule has 0 fully saturated rings. The first-order valence-corrected chi connectivity index (χ1v) is 11.5. The lowest BCUT2D eigenvalue weighted by molar-refractivity contribution is -0.140. The van der Waals surface area contributed by atoms with E-state index in [1.54, 1.807) is 7.11 Å². The summed E-state index contributed by atoms with van der Waals surface area (Å²) in [6, 6.07) is 21.4. The van der Waals surface area contributed by atoms with Crippen molar-refractivity contribution in [2.45, 2.75) is 44.6 Å². The molecule has 0 unspecified atom stereocenters. The summed E-state index contributed by atoms with van der Waals surface area (Å²) in [5.41, 5.74) is 0.